The van der Waals surface area contributed by atoms with Crippen molar-refractivity contribution < 1.29 is 37.5 Å². The molecular weight excluding hydrogens is 625 g/mol. The van der Waals surface area contributed by atoms with Gasteiger partial charge in [-0.2, -0.15) is 18.2 Å². The van der Waals surface area contributed by atoms with E-state index >= 15 is 0 Å². The normalized spacial score (nSPS) is 18.2. The highest BCUT2D eigenvalue weighted by molar-refractivity contribution is 7.89. The molecule has 2 unspecified atom stereocenters. The second-order valence-corrected chi connectivity index (χ2v) is 13.4. The minimum Gasteiger partial charge on any atom is -0.593 e. The van der Waals surface area contributed by atoms with E-state index in [1.807, 2.05) is 29.4 Å². The number of carboxylic acids is 1. The molecule has 1 spiro atoms. The van der Waals surface area contributed by atoms with Crippen LogP contribution >= 0.6 is 0 Å². The molecule has 1 fully saturated rings. The van der Waals surface area contributed by atoms with Gasteiger partial charge in [-0.3, -0.25) is 9.20 Å². The van der Waals surface area contributed by atoms with E-state index in [2.05, 4.69) is 15.2 Å². The Bertz CT molecular complexity index is 1800. The molecule has 3 aromatic heterocycles. The number of aromatic nitrogens is 4. The molecule has 0 amide bonds. The molecule has 6 rings (SSSR count). The molecule has 0 saturated heterocycles. The molecule has 0 bridgehead atoms. The van der Waals surface area contributed by atoms with E-state index in [1.54, 1.807) is 31.0 Å². The second-order valence-electron chi connectivity index (χ2n) is 11.9. The Labute approximate surface area is 265 Å². The second kappa shape index (κ2) is 12.0. The van der Waals surface area contributed by atoms with Gasteiger partial charge in [-0.15, -0.1) is 14.5 Å². The smallest absolute Gasteiger partial charge is 0.452 e. The molecule has 46 heavy (non-hydrogen) atoms. The van der Waals surface area contributed by atoms with Crippen molar-refractivity contribution in [3.8, 4) is 5.88 Å². The van der Waals surface area contributed by atoms with Crippen LogP contribution in [0.25, 0.3) is 5.65 Å². The summed E-state index contributed by atoms with van der Waals surface area (Å²) in [6.07, 6.45) is -2.24. The van der Waals surface area contributed by atoms with Crippen molar-refractivity contribution in [2.45, 2.75) is 62.2 Å². The summed E-state index contributed by atoms with van der Waals surface area (Å²) in [4.78, 5) is 18.9. The summed E-state index contributed by atoms with van der Waals surface area (Å²) in [5, 5.41) is 26.3. The van der Waals surface area contributed by atoms with Crippen molar-refractivity contribution in [1.82, 2.24) is 23.9 Å². The van der Waals surface area contributed by atoms with Crippen LogP contribution in [0.3, 0.4) is 0 Å². The van der Waals surface area contributed by atoms with E-state index < -0.39 is 40.9 Å². The number of benzene rings is 1. The van der Waals surface area contributed by atoms with E-state index in [0.717, 1.165) is 28.4 Å². The topological polar surface area (TPSA) is 139 Å². The van der Waals surface area contributed by atoms with Gasteiger partial charge in [0.25, 0.3) is 5.88 Å². The maximum Gasteiger partial charge on any atom is 0.452 e. The minimum atomic E-state index is -4.70. The molecule has 0 radical (unpaired) electrons. The number of nitrogens with zero attached hydrogens (tertiary/aromatic N) is 6. The molecular formula is C31H33F3N6O5S. The lowest BCUT2D eigenvalue weighted by Gasteiger charge is -2.25. The fraction of sp³-hybridized carbons (Fsp3) is 0.419. The number of likely N-dealkylation sites (N-methyl/N-ethyl adjacent to an activating group) is 1. The van der Waals surface area contributed by atoms with Gasteiger partial charge in [0, 0.05) is 31.8 Å². The maximum absolute atomic E-state index is 14.0. The standard InChI is InChI=1S/C31H33F3N6O5S/c1-18-4-5-20(23(15-26(42)43)22-8-11-40-27(19(22)2)36-37-29(40)31(32,33)34)14-21(18)16-39-17-30(9-10-30)45-28-24(46(39)44)6-7-25(35-28)38(3)12-13-41/h4-8,11,14,23,41H,9-10,12-13,15-17H2,1-3H3,(H,42,43). The number of aliphatic hydroxyl groups excluding tert-OH is 1. The summed E-state index contributed by atoms with van der Waals surface area (Å²) in [5.41, 5.74) is 2.78. The quantitative estimate of drug-likeness (QED) is 0.251. The lowest BCUT2D eigenvalue weighted by atomic mass is 9.85. The Morgan fingerprint density at radius 1 is 1.20 bits per heavy atom. The molecule has 15 heteroatoms. The number of halogens is 3. The zero-order valence-corrected chi connectivity index (χ0v) is 26.2. The Hall–Kier alpha value is -3.92. The van der Waals surface area contributed by atoms with Crippen molar-refractivity contribution in [1.29, 1.82) is 0 Å². The van der Waals surface area contributed by atoms with Crippen LogP contribution < -0.4 is 9.64 Å². The first kappa shape index (κ1) is 32.0. The highest BCUT2D eigenvalue weighted by Crippen LogP contribution is 2.46. The number of aliphatic hydroxyl groups is 1. The van der Waals surface area contributed by atoms with Gasteiger partial charge in [0.2, 0.25) is 10.7 Å². The van der Waals surface area contributed by atoms with Gasteiger partial charge in [0.05, 0.1) is 37.5 Å². The van der Waals surface area contributed by atoms with Crippen LogP contribution in [-0.2, 0) is 28.9 Å². The van der Waals surface area contributed by atoms with E-state index in [9.17, 15) is 32.7 Å². The molecule has 4 aromatic rings. The Morgan fingerprint density at radius 3 is 2.63 bits per heavy atom. The van der Waals surface area contributed by atoms with Gasteiger partial charge in [0.1, 0.15) is 11.4 Å². The number of carbonyl (C=O) groups is 1. The SMILES string of the molecule is Cc1ccc(C(CC(=O)O)c2ccn3c(C(F)(F)F)nnc3c2C)cc1CN1CC2(CC2)Oc2nc(N(C)CCO)ccc2[S+]1[O-]. The van der Waals surface area contributed by atoms with Gasteiger partial charge < -0.3 is 24.4 Å². The monoisotopic (exact) mass is 658 g/mol. The van der Waals surface area contributed by atoms with Crippen molar-refractivity contribution in [3.05, 3.63) is 76.2 Å². The van der Waals surface area contributed by atoms with Crippen molar-refractivity contribution in [2.75, 3.05) is 31.6 Å². The van der Waals surface area contributed by atoms with E-state index in [-0.39, 0.29) is 25.2 Å². The van der Waals surface area contributed by atoms with Gasteiger partial charge >= 0.3 is 12.1 Å². The third kappa shape index (κ3) is 6.11. The van der Waals surface area contributed by atoms with Crippen LogP contribution in [0.2, 0.25) is 0 Å². The van der Waals surface area contributed by atoms with Crippen molar-refractivity contribution in [2.24, 2.45) is 0 Å². The number of pyridine rings is 2. The van der Waals surface area contributed by atoms with Crippen LogP contribution in [0.5, 0.6) is 5.88 Å². The zero-order valence-electron chi connectivity index (χ0n) is 25.4. The minimum absolute atomic E-state index is 0.000213. The number of hydrogen-bond donors (Lipinski definition) is 2. The van der Waals surface area contributed by atoms with Gasteiger partial charge in [0.15, 0.2) is 5.65 Å². The van der Waals surface area contributed by atoms with Gasteiger partial charge in [-0.05, 0) is 66.6 Å². The first-order valence-corrected chi connectivity index (χ1v) is 15.8. The molecule has 2 aliphatic rings. The molecule has 1 aliphatic heterocycles. The number of alkyl halides is 3. The number of hydrogen-bond acceptors (Lipinski definition) is 9. The van der Waals surface area contributed by atoms with Gasteiger partial charge in [-0.25, -0.2) is 0 Å². The summed E-state index contributed by atoms with van der Waals surface area (Å²) in [5.74, 6) is -2.02. The average Bonchev–Trinajstić information content (AvgIpc) is 3.61. The molecule has 1 aliphatic carbocycles. The number of aryl methyl sites for hydroxylation is 2. The summed E-state index contributed by atoms with van der Waals surface area (Å²) in [7, 11) is 1.80. The first-order chi connectivity index (χ1) is 21.8. The van der Waals surface area contributed by atoms with E-state index in [4.69, 9.17) is 4.74 Å². The van der Waals surface area contributed by atoms with Crippen molar-refractivity contribution in [3.63, 3.8) is 0 Å². The summed E-state index contributed by atoms with van der Waals surface area (Å²) in [6, 6.07) is 10.5. The van der Waals surface area contributed by atoms with Crippen LogP contribution in [0, 0.1) is 13.8 Å². The van der Waals surface area contributed by atoms with Crippen LogP contribution in [0.4, 0.5) is 19.0 Å². The van der Waals surface area contributed by atoms with Gasteiger partial charge in [-0.1, -0.05) is 18.2 Å². The fourth-order valence-electron chi connectivity index (χ4n) is 5.89. The number of anilines is 1. The van der Waals surface area contributed by atoms with Crippen LogP contribution in [0.1, 0.15) is 58.8 Å². The van der Waals surface area contributed by atoms with Crippen LogP contribution in [-0.4, -0.2) is 77.0 Å². The summed E-state index contributed by atoms with van der Waals surface area (Å²) in [6.45, 7) is 4.53. The Kier molecular flexibility index (Phi) is 8.38. The lowest BCUT2D eigenvalue weighted by Crippen LogP contribution is -2.38. The van der Waals surface area contributed by atoms with Crippen molar-refractivity contribution >= 4 is 28.8 Å². The first-order valence-electron chi connectivity index (χ1n) is 14.7. The number of carboxylic acid groups (broad SMARTS) is 1. The van der Waals surface area contributed by atoms with E-state index in [0.29, 0.717) is 46.4 Å². The number of ether oxygens (including phenoxy) is 1. The highest BCUT2D eigenvalue weighted by atomic mass is 32.2. The zero-order chi connectivity index (χ0) is 33.0. The summed E-state index contributed by atoms with van der Waals surface area (Å²) < 4.78 is 63.4. The largest absolute Gasteiger partial charge is 0.593 e. The number of rotatable bonds is 9. The highest BCUT2D eigenvalue weighted by Gasteiger charge is 2.53. The number of aliphatic carboxylic acids is 1. The third-order valence-electron chi connectivity index (χ3n) is 8.64. The maximum atomic E-state index is 14.0. The molecule has 2 atom stereocenters. The lowest BCUT2D eigenvalue weighted by molar-refractivity contribution is -0.145. The van der Waals surface area contributed by atoms with E-state index in [1.165, 1.54) is 12.3 Å². The fourth-order valence-corrected chi connectivity index (χ4v) is 7.20. The predicted octanol–water partition coefficient (Wildman–Crippen LogP) is 4.24. The Balaban J connectivity index is 1.34. The average molecular weight is 659 g/mol. The molecule has 244 valence electrons. The number of fused-ring (bicyclic) bond motifs is 2. The molecule has 2 N–H and O–H groups in total. The third-order valence-corrected chi connectivity index (χ3v) is 10.1. The summed E-state index contributed by atoms with van der Waals surface area (Å²) >= 11 is -1.62. The molecule has 1 aromatic carbocycles. The molecule has 1 saturated carbocycles. The predicted molar refractivity (Wildman–Crippen MR) is 162 cm³/mol. The molecule has 11 nitrogen and oxygen atoms in total. The molecule has 4 heterocycles. The van der Waals surface area contributed by atoms with Crippen LogP contribution in [0.15, 0.2) is 47.5 Å². The Morgan fingerprint density at radius 2 is 1.96 bits per heavy atom.